The second kappa shape index (κ2) is 8.78. The molecule has 26 heavy (non-hydrogen) atoms. The number of sulfonamides is 1. The van der Waals surface area contributed by atoms with Crippen molar-refractivity contribution in [2.75, 3.05) is 13.6 Å². The molecule has 0 unspecified atom stereocenters. The highest BCUT2D eigenvalue weighted by molar-refractivity contribution is 7.90. The number of nitrogens with one attached hydrogen (secondary N) is 2. The molecule has 1 aromatic rings. The maximum atomic E-state index is 13.3. The molecular formula is C19H31FN2O3S. The number of aliphatic hydroxyl groups is 1. The van der Waals surface area contributed by atoms with Crippen LogP contribution >= 0.6 is 0 Å². The first-order valence-electron chi connectivity index (χ1n) is 9.24. The van der Waals surface area contributed by atoms with Crippen LogP contribution in [0.5, 0.6) is 0 Å². The zero-order valence-corrected chi connectivity index (χ0v) is 16.7. The number of hydrogen-bond acceptors (Lipinski definition) is 4. The van der Waals surface area contributed by atoms with Crippen LogP contribution in [0.2, 0.25) is 0 Å². The predicted octanol–water partition coefficient (Wildman–Crippen LogP) is 2.73. The Morgan fingerprint density at radius 2 is 1.92 bits per heavy atom. The van der Waals surface area contributed by atoms with E-state index in [1.54, 1.807) is 12.1 Å². The first kappa shape index (κ1) is 21.3. The number of β-amino-alcohol motifs (C(OH)–C–C–N with tert-alkyl or cyclic N) is 1. The molecule has 148 valence electrons. The molecule has 0 aliphatic heterocycles. The standard InChI is InChI=1S/C19H31FN2O3S/c1-19(2,22-13-18(23)15-5-4-6-16(20)11-15)12-14-7-9-17(10-8-14)26(24,25)21-3/h4-6,11,14,17-18,21-23H,7-10,12-13H2,1-3H3/t14-,17-,18-/m0/s1. The van der Waals surface area contributed by atoms with Gasteiger partial charge in [-0.25, -0.2) is 17.5 Å². The molecule has 1 fully saturated rings. The van der Waals surface area contributed by atoms with Gasteiger partial charge in [-0.15, -0.1) is 0 Å². The average molecular weight is 387 g/mol. The normalized spacial score (nSPS) is 23.0. The Kier molecular flexibility index (Phi) is 7.19. The van der Waals surface area contributed by atoms with Crippen LogP contribution in [0.15, 0.2) is 24.3 Å². The lowest BCUT2D eigenvalue weighted by Crippen LogP contribution is -2.44. The van der Waals surface area contributed by atoms with Gasteiger partial charge >= 0.3 is 0 Å². The van der Waals surface area contributed by atoms with Crippen LogP contribution in [-0.4, -0.2) is 37.9 Å². The van der Waals surface area contributed by atoms with Gasteiger partial charge in [-0.3, -0.25) is 0 Å². The first-order valence-corrected chi connectivity index (χ1v) is 10.8. The zero-order valence-electron chi connectivity index (χ0n) is 15.8. The fourth-order valence-electron chi connectivity index (χ4n) is 3.81. The van der Waals surface area contributed by atoms with Gasteiger partial charge in [0.1, 0.15) is 5.82 Å². The lowest BCUT2D eigenvalue weighted by Gasteiger charge is -2.35. The first-order chi connectivity index (χ1) is 12.1. The van der Waals surface area contributed by atoms with Gasteiger partial charge in [0.05, 0.1) is 11.4 Å². The summed E-state index contributed by atoms with van der Waals surface area (Å²) in [5.74, 6) is 0.112. The van der Waals surface area contributed by atoms with E-state index in [-0.39, 0.29) is 16.6 Å². The van der Waals surface area contributed by atoms with Crippen LogP contribution in [0.4, 0.5) is 4.39 Å². The molecule has 1 atom stereocenters. The van der Waals surface area contributed by atoms with E-state index in [0.29, 0.717) is 30.9 Å². The van der Waals surface area contributed by atoms with Crippen molar-refractivity contribution in [2.24, 2.45) is 5.92 Å². The lowest BCUT2D eigenvalue weighted by molar-refractivity contribution is 0.151. The Morgan fingerprint density at radius 1 is 1.27 bits per heavy atom. The minimum Gasteiger partial charge on any atom is -0.387 e. The van der Waals surface area contributed by atoms with Crippen LogP contribution in [0.1, 0.15) is 57.6 Å². The van der Waals surface area contributed by atoms with E-state index in [4.69, 9.17) is 0 Å². The fourth-order valence-corrected chi connectivity index (χ4v) is 5.04. The van der Waals surface area contributed by atoms with E-state index in [1.165, 1.54) is 19.2 Å². The number of benzene rings is 1. The second-order valence-corrected chi connectivity index (χ2v) is 10.1. The van der Waals surface area contributed by atoms with Gasteiger partial charge in [0.2, 0.25) is 10.0 Å². The highest BCUT2D eigenvalue weighted by Crippen LogP contribution is 2.33. The van der Waals surface area contributed by atoms with E-state index < -0.39 is 16.1 Å². The Hall–Kier alpha value is -1.02. The summed E-state index contributed by atoms with van der Waals surface area (Å²) in [5, 5.41) is 13.4. The maximum Gasteiger partial charge on any atom is 0.214 e. The van der Waals surface area contributed by atoms with Crippen molar-refractivity contribution in [3.8, 4) is 0 Å². The Balaban J connectivity index is 1.82. The minimum atomic E-state index is -3.17. The molecule has 0 bridgehead atoms. The third-order valence-electron chi connectivity index (χ3n) is 5.32. The SMILES string of the molecule is CNS(=O)(=O)[C@H]1CC[C@H](CC(C)(C)NC[C@H](O)c2cccc(F)c2)CC1. The van der Waals surface area contributed by atoms with Gasteiger partial charge in [0, 0.05) is 12.1 Å². The molecule has 1 aromatic carbocycles. The molecule has 0 heterocycles. The highest BCUT2D eigenvalue weighted by atomic mass is 32.2. The Bertz CT molecular complexity index is 686. The predicted molar refractivity (Wildman–Crippen MR) is 102 cm³/mol. The summed E-state index contributed by atoms with van der Waals surface area (Å²) < 4.78 is 39.5. The van der Waals surface area contributed by atoms with E-state index in [2.05, 4.69) is 23.9 Å². The summed E-state index contributed by atoms with van der Waals surface area (Å²) in [5.41, 5.74) is 0.374. The average Bonchev–Trinajstić information content (AvgIpc) is 2.60. The van der Waals surface area contributed by atoms with Crippen molar-refractivity contribution in [3.05, 3.63) is 35.6 Å². The van der Waals surface area contributed by atoms with E-state index in [9.17, 15) is 17.9 Å². The summed E-state index contributed by atoms with van der Waals surface area (Å²) in [6, 6.07) is 6.02. The molecule has 1 aliphatic rings. The maximum absolute atomic E-state index is 13.3. The van der Waals surface area contributed by atoms with Gasteiger partial charge < -0.3 is 10.4 Å². The molecule has 1 aliphatic carbocycles. The van der Waals surface area contributed by atoms with Crippen molar-refractivity contribution < 1.29 is 17.9 Å². The van der Waals surface area contributed by atoms with E-state index >= 15 is 0 Å². The van der Waals surface area contributed by atoms with Gasteiger partial charge in [-0.05, 0) is 76.6 Å². The van der Waals surface area contributed by atoms with Gasteiger partial charge in [-0.1, -0.05) is 12.1 Å². The fraction of sp³-hybridized carbons (Fsp3) is 0.684. The van der Waals surface area contributed by atoms with Crippen LogP contribution in [0, 0.1) is 11.7 Å². The molecule has 3 N–H and O–H groups in total. The quantitative estimate of drug-likeness (QED) is 0.642. The summed E-state index contributed by atoms with van der Waals surface area (Å²) in [7, 11) is -1.70. The smallest absolute Gasteiger partial charge is 0.214 e. The van der Waals surface area contributed by atoms with Crippen LogP contribution in [0.25, 0.3) is 0 Å². The van der Waals surface area contributed by atoms with Crippen LogP contribution in [0.3, 0.4) is 0 Å². The molecule has 0 aromatic heterocycles. The van der Waals surface area contributed by atoms with Crippen molar-refractivity contribution in [1.82, 2.24) is 10.0 Å². The topological polar surface area (TPSA) is 78.4 Å². The molecule has 0 spiro atoms. The molecule has 2 rings (SSSR count). The molecular weight excluding hydrogens is 355 g/mol. The zero-order chi connectivity index (χ0) is 19.4. The number of rotatable bonds is 8. The Morgan fingerprint density at radius 3 is 2.50 bits per heavy atom. The van der Waals surface area contributed by atoms with E-state index in [0.717, 1.165) is 19.3 Å². The van der Waals surface area contributed by atoms with Crippen molar-refractivity contribution in [1.29, 1.82) is 0 Å². The molecule has 0 saturated heterocycles. The van der Waals surface area contributed by atoms with Gasteiger partial charge in [0.25, 0.3) is 0 Å². The van der Waals surface area contributed by atoms with Crippen molar-refractivity contribution in [2.45, 2.75) is 62.8 Å². The number of halogens is 1. The van der Waals surface area contributed by atoms with Crippen LogP contribution in [-0.2, 0) is 10.0 Å². The summed E-state index contributed by atoms with van der Waals surface area (Å²) in [6.07, 6.45) is 3.31. The molecule has 5 nitrogen and oxygen atoms in total. The largest absolute Gasteiger partial charge is 0.387 e. The third kappa shape index (κ3) is 6.01. The molecule has 0 amide bonds. The Labute approximate surface area is 156 Å². The van der Waals surface area contributed by atoms with Gasteiger partial charge in [0.15, 0.2) is 0 Å². The summed E-state index contributed by atoms with van der Waals surface area (Å²) in [6.45, 7) is 4.52. The number of aliphatic hydroxyl groups excluding tert-OH is 1. The minimum absolute atomic E-state index is 0.187. The lowest BCUT2D eigenvalue weighted by atomic mass is 9.80. The summed E-state index contributed by atoms with van der Waals surface area (Å²) in [4.78, 5) is 0. The summed E-state index contributed by atoms with van der Waals surface area (Å²) >= 11 is 0. The number of hydrogen-bond donors (Lipinski definition) is 3. The van der Waals surface area contributed by atoms with Crippen molar-refractivity contribution in [3.63, 3.8) is 0 Å². The highest BCUT2D eigenvalue weighted by Gasteiger charge is 2.32. The van der Waals surface area contributed by atoms with Crippen molar-refractivity contribution >= 4 is 10.0 Å². The van der Waals surface area contributed by atoms with Crippen LogP contribution < -0.4 is 10.0 Å². The monoisotopic (exact) mass is 386 g/mol. The third-order valence-corrected chi connectivity index (χ3v) is 7.24. The second-order valence-electron chi connectivity index (χ2n) is 7.93. The van der Waals surface area contributed by atoms with Gasteiger partial charge in [-0.2, -0.15) is 0 Å². The van der Waals surface area contributed by atoms with E-state index in [1.807, 2.05) is 0 Å². The molecule has 0 radical (unpaired) electrons. The molecule has 7 heteroatoms. The molecule has 1 saturated carbocycles.